The number of aromatic nitrogens is 4. The number of ether oxygens (including phenoxy) is 1. The van der Waals surface area contributed by atoms with Crippen molar-refractivity contribution in [3.8, 4) is 62.4 Å². The van der Waals surface area contributed by atoms with Crippen molar-refractivity contribution >= 4 is 80.6 Å². The molecule has 0 saturated carbocycles. The quantitative estimate of drug-likeness (QED) is 0.0395. The second-order valence-electron chi connectivity index (χ2n) is 25.4. The summed E-state index contributed by atoms with van der Waals surface area (Å²) in [6.45, 7) is 6.68. The summed E-state index contributed by atoms with van der Waals surface area (Å²) in [5.41, 5.74) is 10.6. The van der Waals surface area contributed by atoms with Gasteiger partial charge >= 0.3 is 16.6 Å². The largest absolute Gasteiger partial charge is 0.530 e. The Hall–Kier alpha value is -11.2. The van der Waals surface area contributed by atoms with Crippen molar-refractivity contribution in [2.24, 2.45) is 0 Å². The summed E-state index contributed by atoms with van der Waals surface area (Å²) >= 11 is 0. The standard InChI is InChI=1S/C88H66N4O3Si2.Pt/c1-88(2,3)66-56-57-89-86(60-66)92-82-51-23-22-48-80(82)81-55-54-71(62-85(81)92)93-70-37-28-32-67(61-70)90-63-91(84-53-25-24-52-83(84)90)87-78(64-30-26-46-76(58-64)96(72-38-14-6-15-39-72,73-40-16-7-17-41-73)94-68-33-10-4-11-34-68)49-29-50-79(87)65-31-27-47-77(59-65)97(74-42-18-8-19-43-74,75-44-20-9-21-45-75)95-69-35-12-5-13-36-69;/h4-60H,1-3H3;/q-2;. The van der Waals surface area contributed by atoms with E-state index in [4.69, 9.17) is 18.6 Å². The van der Waals surface area contributed by atoms with Crippen LogP contribution in [0.2, 0.25) is 0 Å². The van der Waals surface area contributed by atoms with Crippen LogP contribution >= 0.6 is 0 Å². The number of imidazole rings is 1. The van der Waals surface area contributed by atoms with Crippen molar-refractivity contribution in [2.45, 2.75) is 26.2 Å². The molecule has 0 amide bonds. The van der Waals surface area contributed by atoms with Gasteiger partial charge in [0.15, 0.2) is 0 Å². The predicted octanol–water partition coefficient (Wildman–Crippen LogP) is 16.3. The Morgan fingerprint density at radius 3 is 1.40 bits per heavy atom. The molecule has 3 aromatic heterocycles. The molecule has 98 heavy (non-hydrogen) atoms. The first-order valence-corrected chi connectivity index (χ1v) is 36.6. The molecule has 0 saturated heterocycles. The normalized spacial score (nSPS) is 11.7. The van der Waals surface area contributed by atoms with E-state index in [1.165, 1.54) is 5.56 Å². The van der Waals surface area contributed by atoms with E-state index >= 15 is 0 Å². The third-order valence-electron chi connectivity index (χ3n) is 18.3. The van der Waals surface area contributed by atoms with Crippen molar-refractivity contribution in [1.82, 2.24) is 14.1 Å². The number of fused-ring (bicyclic) bond motifs is 4. The number of rotatable bonds is 17. The van der Waals surface area contributed by atoms with E-state index < -0.39 is 16.6 Å². The van der Waals surface area contributed by atoms with E-state index in [1.807, 2.05) is 60.8 Å². The van der Waals surface area contributed by atoms with Crippen molar-refractivity contribution in [3.63, 3.8) is 0 Å². The van der Waals surface area contributed by atoms with Gasteiger partial charge in [-0.15, -0.1) is 29.7 Å². The molecular weight excluding hydrogens is 1410 g/mol. The summed E-state index contributed by atoms with van der Waals surface area (Å²) in [5, 5.41) is 8.88. The fraction of sp³-hybridized carbons (Fsp3) is 0.0455. The zero-order chi connectivity index (χ0) is 65.3. The summed E-state index contributed by atoms with van der Waals surface area (Å²) < 4.78 is 28.7. The number of hydrogen-bond acceptors (Lipinski definition) is 4. The van der Waals surface area contributed by atoms with Crippen LogP contribution in [-0.4, -0.2) is 30.8 Å². The second kappa shape index (κ2) is 26.8. The molecule has 13 aromatic carbocycles. The average Bonchev–Trinajstić information content (AvgIpc) is 1.30. The molecule has 7 nitrogen and oxygen atoms in total. The minimum absolute atomic E-state index is 0. The minimum Gasteiger partial charge on any atom is -0.530 e. The first-order valence-electron chi connectivity index (χ1n) is 32.8. The Bertz CT molecular complexity index is 5230. The number of nitrogens with zero attached hydrogens (tertiary/aromatic N) is 4. The van der Waals surface area contributed by atoms with Gasteiger partial charge in [-0.2, -0.15) is 18.2 Å². The van der Waals surface area contributed by atoms with Crippen LogP contribution in [0, 0.1) is 18.5 Å². The number of para-hydroxylation sites is 6. The zero-order valence-corrected chi connectivity index (χ0v) is 58.5. The fourth-order valence-electron chi connectivity index (χ4n) is 13.8. The Labute approximate surface area is 588 Å². The van der Waals surface area contributed by atoms with Gasteiger partial charge in [-0.1, -0.05) is 293 Å². The molecule has 10 heteroatoms. The van der Waals surface area contributed by atoms with E-state index in [2.05, 4.69) is 338 Å². The van der Waals surface area contributed by atoms with Crippen LogP contribution in [0.1, 0.15) is 26.3 Å². The summed E-state index contributed by atoms with van der Waals surface area (Å²) in [7, 11) is -6.69. The van der Waals surface area contributed by atoms with Crippen LogP contribution in [0.15, 0.2) is 346 Å². The summed E-state index contributed by atoms with van der Waals surface area (Å²) in [6.07, 6.45) is 5.87. The molecule has 0 aliphatic rings. The van der Waals surface area contributed by atoms with Gasteiger partial charge in [0.25, 0.3) is 6.33 Å². The molecule has 0 bridgehead atoms. The van der Waals surface area contributed by atoms with Crippen LogP contribution < -0.4 is 49.3 Å². The molecule has 0 spiro atoms. The van der Waals surface area contributed by atoms with Crippen LogP contribution in [0.25, 0.3) is 72.3 Å². The monoisotopic (exact) mass is 1480 g/mol. The molecule has 0 atom stereocenters. The molecule has 0 radical (unpaired) electrons. The Balaban J connectivity index is 0.00000784. The zero-order valence-electron chi connectivity index (χ0n) is 54.2. The van der Waals surface area contributed by atoms with Gasteiger partial charge in [-0.3, -0.25) is 4.57 Å². The van der Waals surface area contributed by atoms with E-state index in [0.717, 1.165) is 115 Å². The van der Waals surface area contributed by atoms with Crippen molar-refractivity contribution < 1.29 is 39.2 Å². The van der Waals surface area contributed by atoms with Crippen LogP contribution in [0.5, 0.6) is 23.0 Å². The fourth-order valence-corrected chi connectivity index (χ4v) is 21.5. The maximum Gasteiger partial charge on any atom is 0.346 e. The summed E-state index contributed by atoms with van der Waals surface area (Å²) in [6, 6.07) is 127. The Morgan fingerprint density at radius 1 is 0.398 bits per heavy atom. The van der Waals surface area contributed by atoms with Gasteiger partial charge in [-0.05, 0) is 118 Å². The molecule has 0 aliphatic heterocycles. The molecule has 0 fully saturated rings. The SMILES string of the molecule is CC(C)(C)c1ccnc(-n2c3[c-]c(Oc4[c-]c(-n5[c-][n+](-c6c(-c7cccc([Si](Oc8ccccc8)(c8ccccc8)c8ccccc8)c7)cccc6-c6cccc([Si](Oc7ccccc7)(c7ccccc7)c7ccccc7)c6)c6ccccc65)ccc4)ccc3c3ccccc32)c1.[Pt]. The van der Waals surface area contributed by atoms with E-state index in [9.17, 15) is 0 Å². The summed E-state index contributed by atoms with van der Waals surface area (Å²) in [4.78, 5) is 4.93. The van der Waals surface area contributed by atoms with Crippen molar-refractivity contribution in [1.29, 1.82) is 0 Å². The Kier molecular flexibility index (Phi) is 17.2. The molecule has 16 aromatic rings. The number of hydrogen-bond donors (Lipinski definition) is 0. The van der Waals surface area contributed by atoms with Gasteiger partial charge in [0, 0.05) is 44.3 Å². The topological polar surface area (TPSA) is 54.3 Å². The van der Waals surface area contributed by atoms with Gasteiger partial charge < -0.3 is 22.7 Å². The second-order valence-corrected chi connectivity index (χ2v) is 32.0. The third-order valence-corrected chi connectivity index (χ3v) is 26.3. The van der Waals surface area contributed by atoms with Crippen LogP contribution in [0.3, 0.4) is 0 Å². The molecular formula is C88H66N4O3PtSi2-2. The first kappa shape index (κ1) is 62.9. The molecule has 0 aliphatic carbocycles. The smallest absolute Gasteiger partial charge is 0.346 e. The number of pyridine rings is 1. The van der Waals surface area contributed by atoms with E-state index in [-0.39, 0.29) is 26.5 Å². The average molecular weight is 1480 g/mol. The molecule has 476 valence electrons. The first-order chi connectivity index (χ1) is 47.7. The van der Waals surface area contributed by atoms with Gasteiger partial charge in [-0.25, -0.2) is 4.98 Å². The Morgan fingerprint density at radius 2 is 0.857 bits per heavy atom. The molecule has 3 heterocycles. The molecule has 0 unspecified atom stereocenters. The molecule has 16 rings (SSSR count). The van der Waals surface area contributed by atoms with E-state index in [0.29, 0.717) is 11.5 Å². The number of benzene rings is 13. The van der Waals surface area contributed by atoms with Gasteiger partial charge in [0.1, 0.15) is 17.3 Å². The van der Waals surface area contributed by atoms with Crippen LogP contribution in [0.4, 0.5) is 0 Å². The van der Waals surface area contributed by atoms with Gasteiger partial charge in [0.2, 0.25) is 0 Å². The van der Waals surface area contributed by atoms with Gasteiger partial charge in [0.05, 0.1) is 16.7 Å². The summed E-state index contributed by atoms with van der Waals surface area (Å²) in [5.74, 6) is 3.52. The van der Waals surface area contributed by atoms with Crippen molar-refractivity contribution in [3.05, 3.63) is 370 Å². The minimum atomic E-state index is -3.34. The maximum atomic E-state index is 7.64. The van der Waals surface area contributed by atoms with Crippen LogP contribution in [-0.2, 0) is 26.5 Å². The molecule has 0 N–H and O–H groups in total. The maximum absolute atomic E-state index is 7.64. The predicted molar refractivity (Wildman–Crippen MR) is 399 cm³/mol. The van der Waals surface area contributed by atoms with Crippen molar-refractivity contribution in [2.75, 3.05) is 0 Å². The van der Waals surface area contributed by atoms with E-state index in [1.54, 1.807) is 0 Å². The third kappa shape index (κ3) is 11.7.